The van der Waals surface area contributed by atoms with Crippen LogP contribution in [0.5, 0.6) is 0 Å². The molecule has 0 unspecified atom stereocenters. The van der Waals surface area contributed by atoms with Crippen LogP contribution in [-0.2, 0) is 0 Å². The lowest BCUT2D eigenvalue weighted by Crippen LogP contribution is -2.05. The molecule has 17 heavy (non-hydrogen) atoms. The van der Waals surface area contributed by atoms with Crippen LogP contribution in [-0.4, -0.2) is 9.97 Å². The van der Waals surface area contributed by atoms with Gasteiger partial charge in [0, 0.05) is 12.4 Å². The molecule has 2 rings (SSSR count). The van der Waals surface area contributed by atoms with Gasteiger partial charge in [-0.25, -0.2) is 31.9 Å². The third-order valence-corrected chi connectivity index (χ3v) is 2.00. The lowest BCUT2D eigenvalue weighted by atomic mass is 10.1. The van der Waals surface area contributed by atoms with Gasteiger partial charge in [-0.2, -0.15) is 0 Å². The van der Waals surface area contributed by atoms with Gasteiger partial charge in [0.15, 0.2) is 29.1 Å². The van der Waals surface area contributed by atoms with Crippen LogP contribution in [0.15, 0.2) is 18.5 Å². The molecular weight excluding hydrogens is 243 g/mol. The minimum Gasteiger partial charge on any atom is -0.236 e. The molecule has 1 aromatic carbocycles. The smallest absolute Gasteiger partial charge is 0.200 e. The Balaban J connectivity index is 2.80. The second-order valence-corrected chi connectivity index (χ2v) is 3.02. The lowest BCUT2D eigenvalue weighted by Gasteiger charge is -2.06. The highest BCUT2D eigenvalue weighted by Gasteiger charge is 2.27. The Kier molecular flexibility index (Phi) is 2.74. The van der Waals surface area contributed by atoms with E-state index in [0.29, 0.717) is 0 Å². The Morgan fingerprint density at radius 2 is 1.06 bits per heavy atom. The third kappa shape index (κ3) is 1.73. The summed E-state index contributed by atoms with van der Waals surface area (Å²) in [4.78, 5) is 6.87. The molecule has 0 aliphatic rings. The molecule has 0 amide bonds. The maximum absolute atomic E-state index is 13.3. The van der Waals surface area contributed by atoms with Gasteiger partial charge in [-0.3, -0.25) is 0 Å². The van der Waals surface area contributed by atoms with Gasteiger partial charge in [0.25, 0.3) is 0 Å². The van der Waals surface area contributed by atoms with E-state index < -0.39 is 40.5 Å². The summed E-state index contributed by atoms with van der Waals surface area (Å²) in [6, 6.07) is 1.34. The SMILES string of the molecule is Fc1c(F)c(F)c(-c2ncccn2)c(F)c1F. The second kappa shape index (κ2) is 4.08. The molecule has 0 spiro atoms. The number of nitrogens with zero attached hydrogens (tertiary/aromatic N) is 2. The summed E-state index contributed by atoms with van der Waals surface area (Å²) in [5.41, 5.74) is -1.14. The van der Waals surface area contributed by atoms with Crippen LogP contribution >= 0.6 is 0 Å². The molecule has 0 aliphatic heterocycles. The highest BCUT2D eigenvalue weighted by atomic mass is 19.2. The minimum absolute atomic E-state index is 0.569. The fraction of sp³-hybridized carbons (Fsp3) is 0. The van der Waals surface area contributed by atoms with Gasteiger partial charge in [-0.05, 0) is 6.07 Å². The maximum Gasteiger partial charge on any atom is 0.200 e. The van der Waals surface area contributed by atoms with E-state index in [4.69, 9.17) is 0 Å². The van der Waals surface area contributed by atoms with Gasteiger partial charge in [-0.15, -0.1) is 0 Å². The third-order valence-electron chi connectivity index (χ3n) is 2.00. The molecule has 0 bridgehead atoms. The molecule has 0 N–H and O–H groups in total. The van der Waals surface area contributed by atoms with Crippen molar-refractivity contribution in [2.24, 2.45) is 0 Å². The summed E-state index contributed by atoms with van der Waals surface area (Å²) in [6.07, 6.45) is 2.25. The Morgan fingerprint density at radius 3 is 1.53 bits per heavy atom. The maximum atomic E-state index is 13.3. The van der Waals surface area contributed by atoms with Crippen LogP contribution in [0.2, 0.25) is 0 Å². The van der Waals surface area contributed by atoms with Crippen molar-refractivity contribution in [2.45, 2.75) is 0 Å². The first-order chi connectivity index (χ1) is 8.04. The zero-order valence-electron chi connectivity index (χ0n) is 8.02. The van der Waals surface area contributed by atoms with Gasteiger partial charge >= 0.3 is 0 Å². The number of aromatic nitrogens is 2. The van der Waals surface area contributed by atoms with Gasteiger partial charge < -0.3 is 0 Å². The van der Waals surface area contributed by atoms with Gasteiger partial charge in [-0.1, -0.05) is 0 Å². The van der Waals surface area contributed by atoms with E-state index in [1.54, 1.807) is 0 Å². The second-order valence-electron chi connectivity index (χ2n) is 3.02. The molecule has 7 heteroatoms. The summed E-state index contributed by atoms with van der Waals surface area (Å²) < 4.78 is 65.1. The van der Waals surface area contributed by atoms with E-state index >= 15 is 0 Å². The average molecular weight is 246 g/mol. The molecule has 0 fully saturated rings. The Labute approximate surface area is 91.8 Å². The molecule has 0 atom stereocenters. The van der Waals surface area contributed by atoms with Crippen LogP contribution in [0.4, 0.5) is 22.0 Å². The summed E-state index contributed by atoms with van der Waals surface area (Å²) in [5, 5.41) is 0. The van der Waals surface area contributed by atoms with Crippen molar-refractivity contribution in [3.05, 3.63) is 47.5 Å². The quantitative estimate of drug-likeness (QED) is 0.439. The van der Waals surface area contributed by atoms with E-state index in [1.807, 2.05) is 0 Å². The molecule has 0 saturated carbocycles. The van der Waals surface area contributed by atoms with Crippen LogP contribution in [0.25, 0.3) is 11.4 Å². The summed E-state index contributed by atoms with van der Waals surface area (Å²) in [7, 11) is 0. The molecule has 2 nitrogen and oxygen atoms in total. The first-order valence-corrected chi connectivity index (χ1v) is 4.33. The Morgan fingerprint density at radius 1 is 0.647 bits per heavy atom. The molecule has 88 valence electrons. The van der Waals surface area contributed by atoms with Crippen molar-refractivity contribution >= 4 is 0 Å². The number of hydrogen-bond acceptors (Lipinski definition) is 2. The fourth-order valence-electron chi connectivity index (χ4n) is 1.23. The minimum atomic E-state index is -2.21. The number of halogens is 5. The predicted octanol–water partition coefficient (Wildman–Crippen LogP) is 2.84. The number of benzene rings is 1. The van der Waals surface area contributed by atoms with Gasteiger partial charge in [0.1, 0.15) is 0 Å². The molecule has 0 aliphatic carbocycles. The van der Waals surface area contributed by atoms with Gasteiger partial charge in [0.2, 0.25) is 5.82 Å². The van der Waals surface area contributed by atoms with Crippen LogP contribution in [0.3, 0.4) is 0 Å². The highest BCUT2D eigenvalue weighted by molar-refractivity contribution is 5.57. The topological polar surface area (TPSA) is 25.8 Å². The fourth-order valence-corrected chi connectivity index (χ4v) is 1.23. The molecule has 1 heterocycles. The Bertz CT molecular complexity index is 542. The van der Waals surface area contributed by atoms with Crippen molar-refractivity contribution in [2.75, 3.05) is 0 Å². The largest absolute Gasteiger partial charge is 0.236 e. The predicted molar refractivity (Wildman–Crippen MR) is 47.3 cm³/mol. The van der Waals surface area contributed by atoms with Gasteiger partial charge in [0.05, 0.1) is 5.56 Å². The van der Waals surface area contributed by atoms with Crippen molar-refractivity contribution in [3.8, 4) is 11.4 Å². The van der Waals surface area contributed by atoms with Crippen LogP contribution < -0.4 is 0 Å². The standard InChI is InChI=1S/C10H3F5N2/c11-5-4(10-16-2-1-3-17-10)6(12)8(14)9(15)7(5)13/h1-3H. The Hall–Kier alpha value is -2.05. The first-order valence-electron chi connectivity index (χ1n) is 4.33. The van der Waals surface area contributed by atoms with Crippen molar-refractivity contribution in [1.82, 2.24) is 9.97 Å². The van der Waals surface area contributed by atoms with E-state index in [-0.39, 0.29) is 0 Å². The molecule has 2 aromatic rings. The zero-order chi connectivity index (χ0) is 12.6. The van der Waals surface area contributed by atoms with E-state index in [2.05, 4.69) is 9.97 Å². The number of hydrogen-bond donors (Lipinski definition) is 0. The normalized spacial score (nSPS) is 10.6. The number of rotatable bonds is 1. The van der Waals surface area contributed by atoms with Crippen LogP contribution in [0.1, 0.15) is 0 Å². The van der Waals surface area contributed by atoms with E-state index in [0.717, 1.165) is 12.4 Å². The zero-order valence-corrected chi connectivity index (χ0v) is 8.02. The van der Waals surface area contributed by atoms with Crippen molar-refractivity contribution in [3.63, 3.8) is 0 Å². The van der Waals surface area contributed by atoms with Crippen molar-refractivity contribution < 1.29 is 22.0 Å². The molecule has 1 aromatic heterocycles. The highest BCUT2D eigenvalue weighted by Crippen LogP contribution is 2.28. The average Bonchev–Trinajstić information content (AvgIpc) is 2.36. The summed E-state index contributed by atoms with van der Waals surface area (Å²) in [5.74, 6) is -10.7. The summed E-state index contributed by atoms with van der Waals surface area (Å²) in [6.45, 7) is 0. The van der Waals surface area contributed by atoms with Crippen molar-refractivity contribution in [1.29, 1.82) is 0 Å². The molecular formula is C10H3F5N2. The first kappa shape index (κ1) is 11.4. The molecule has 0 radical (unpaired) electrons. The summed E-state index contributed by atoms with van der Waals surface area (Å²) >= 11 is 0. The van der Waals surface area contributed by atoms with E-state index in [9.17, 15) is 22.0 Å². The van der Waals surface area contributed by atoms with Crippen LogP contribution in [0, 0.1) is 29.1 Å². The lowest BCUT2D eigenvalue weighted by molar-refractivity contribution is 0.381. The van der Waals surface area contributed by atoms with E-state index in [1.165, 1.54) is 6.07 Å². The molecule has 0 saturated heterocycles. The monoisotopic (exact) mass is 246 g/mol.